The minimum absolute atomic E-state index is 0.264. The van der Waals surface area contributed by atoms with Crippen molar-refractivity contribution in [1.29, 1.82) is 0 Å². The summed E-state index contributed by atoms with van der Waals surface area (Å²) in [6, 6.07) is 24.5. The van der Waals surface area contributed by atoms with Crippen LogP contribution in [-0.4, -0.2) is 14.5 Å². The first kappa shape index (κ1) is 17.4. The molecular formula is C24H18FN3O. The van der Waals surface area contributed by atoms with E-state index in [2.05, 4.69) is 9.55 Å². The van der Waals surface area contributed by atoms with Gasteiger partial charge >= 0.3 is 0 Å². The molecule has 0 spiro atoms. The molecular weight excluding hydrogens is 365 g/mol. The molecule has 0 aliphatic heterocycles. The highest BCUT2D eigenvalue weighted by atomic mass is 19.1. The van der Waals surface area contributed by atoms with Crippen LogP contribution in [0.25, 0.3) is 21.9 Å². The van der Waals surface area contributed by atoms with Gasteiger partial charge in [0.2, 0.25) is 0 Å². The van der Waals surface area contributed by atoms with Gasteiger partial charge in [-0.25, -0.2) is 9.37 Å². The predicted octanol–water partition coefficient (Wildman–Crippen LogP) is 5.35. The van der Waals surface area contributed by atoms with Crippen LogP contribution in [0.4, 0.5) is 4.39 Å². The van der Waals surface area contributed by atoms with Crippen molar-refractivity contribution in [2.24, 2.45) is 0 Å². The van der Waals surface area contributed by atoms with E-state index in [1.807, 2.05) is 54.6 Å². The summed E-state index contributed by atoms with van der Waals surface area (Å²) in [6.45, 7) is 0.868. The van der Waals surface area contributed by atoms with Gasteiger partial charge in [-0.2, -0.15) is 0 Å². The van der Waals surface area contributed by atoms with Crippen LogP contribution in [-0.2, 0) is 13.2 Å². The number of para-hydroxylation sites is 3. The first-order valence-corrected chi connectivity index (χ1v) is 9.44. The molecule has 0 unspecified atom stereocenters. The Balaban J connectivity index is 1.56. The fourth-order valence-corrected chi connectivity index (χ4v) is 3.57. The molecule has 3 aromatic carbocycles. The number of halogens is 1. The maximum atomic E-state index is 14.2. The third-order valence-corrected chi connectivity index (χ3v) is 4.97. The summed E-state index contributed by atoms with van der Waals surface area (Å²) in [4.78, 5) is 9.19. The Hall–Kier alpha value is -3.73. The summed E-state index contributed by atoms with van der Waals surface area (Å²) in [5.74, 6) is 1.34. The number of fused-ring (bicyclic) bond motifs is 2. The first-order chi connectivity index (χ1) is 14.3. The summed E-state index contributed by atoms with van der Waals surface area (Å²) in [6.07, 6.45) is 1.69. The number of benzene rings is 3. The number of ether oxygens (including phenoxy) is 1. The monoisotopic (exact) mass is 383 g/mol. The van der Waals surface area contributed by atoms with E-state index in [1.54, 1.807) is 24.4 Å². The van der Waals surface area contributed by atoms with Crippen molar-refractivity contribution in [3.8, 4) is 5.75 Å². The minimum atomic E-state index is -0.264. The van der Waals surface area contributed by atoms with E-state index < -0.39 is 0 Å². The Kier molecular flexibility index (Phi) is 4.41. The van der Waals surface area contributed by atoms with E-state index in [1.165, 1.54) is 6.07 Å². The quantitative estimate of drug-likeness (QED) is 0.411. The number of aromatic nitrogens is 3. The SMILES string of the molecule is Fc1ccc(Cn2c(COc3ccccc3)nc3ccccc32)c2ncccc12. The summed E-state index contributed by atoms with van der Waals surface area (Å²) >= 11 is 0. The molecule has 0 saturated carbocycles. The molecule has 0 N–H and O–H groups in total. The van der Waals surface area contributed by atoms with Crippen molar-refractivity contribution in [3.05, 3.63) is 102 Å². The summed E-state index contributed by atoms with van der Waals surface area (Å²) in [5.41, 5.74) is 3.51. The van der Waals surface area contributed by atoms with Crippen molar-refractivity contribution < 1.29 is 9.13 Å². The van der Waals surface area contributed by atoms with E-state index in [0.29, 0.717) is 24.1 Å². The van der Waals surface area contributed by atoms with Gasteiger partial charge in [-0.1, -0.05) is 36.4 Å². The van der Waals surface area contributed by atoms with Crippen LogP contribution in [0.2, 0.25) is 0 Å². The summed E-state index contributed by atoms with van der Waals surface area (Å²) in [5, 5.41) is 0.525. The Labute approximate surface area is 167 Å². The molecule has 0 aliphatic rings. The zero-order valence-corrected chi connectivity index (χ0v) is 15.6. The van der Waals surface area contributed by atoms with Gasteiger partial charge in [-0.15, -0.1) is 0 Å². The molecule has 0 amide bonds. The minimum Gasteiger partial charge on any atom is -0.486 e. The van der Waals surface area contributed by atoms with Gasteiger partial charge in [0.05, 0.1) is 23.1 Å². The molecule has 2 heterocycles. The Morgan fingerprint density at radius 3 is 2.59 bits per heavy atom. The smallest absolute Gasteiger partial charge is 0.148 e. The van der Waals surface area contributed by atoms with Gasteiger partial charge in [0, 0.05) is 11.6 Å². The van der Waals surface area contributed by atoms with Crippen molar-refractivity contribution in [2.45, 2.75) is 13.2 Å². The largest absolute Gasteiger partial charge is 0.486 e. The van der Waals surface area contributed by atoms with Crippen molar-refractivity contribution >= 4 is 21.9 Å². The zero-order chi connectivity index (χ0) is 19.6. The molecule has 0 atom stereocenters. The van der Waals surface area contributed by atoms with E-state index in [-0.39, 0.29) is 5.82 Å². The second kappa shape index (κ2) is 7.36. The highest BCUT2D eigenvalue weighted by Crippen LogP contribution is 2.24. The molecule has 0 bridgehead atoms. The number of pyridine rings is 1. The third-order valence-electron chi connectivity index (χ3n) is 4.97. The lowest BCUT2D eigenvalue weighted by molar-refractivity contribution is 0.291. The number of hydrogen-bond donors (Lipinski definition) is 0. The molecule has 5 rings (SSSR count). The van der Waals surface area contributed by atoms with E-state index in [0.717, 1.165) is 28.2 Å². The number of rotatable bonds is 5. The van der Waals surface area contributed by atoms with Crippen LogP contribution < -0.4 is 4.74 Å². The Bertz CT molecular complexity index is 1300. The topological polar surface area (TPSA) is 39.9 Å². The number of nitrogens with zero attached hydrogens (tertiary/aromatic N) is 3. The fourth-order valence-electron chi connectivity index (χ4n) is 3.57. The van der Waals surface area contributed by atoms with E-state index >= 15 is 0 Å². The van der Waals surface area contributed by atoms with Gasteiger partial charge < -0.3 is 9.30 Å². The standard InChI is InChI=1S/C24H18FN3O/c25-20-13-12-17(24-19(20)9-6-14-26-24)15-28-22-11-5-4-10-21(22)27-23(28)16-29-18-7-2-1-3-8-18/h1-14H,15-16H2. The first-order valence-electron chi connectivity index (χ1n) is 9.44. The maximum Gasteiger partial charge on any atom is 0.148 e. The van der Waals surface area contributed by atoms with Crippen LogP contribution in [0, 0.1) is 5.82 Å². The van der Waals surface area contributed by atoms with Crippen LogP contribution in [0.3, 0.4) is 0 Å². The van der Waals surface area contributed by atoms with Crippen LogP contribution >= 0.6 is 0 Å². The average Bonchev–Trinajstić information content (AvgIpc) is 3.12. The molecule has 0 saturated heterocycles. The molecule has 0 aliphatic carbocycles. The average molecular weight is 383 g/mol. The lowest BCUT2D eigenvalue weighted by Gasteiger charge is -2.12. The zero-order valence-electron chi connectivity index (χ0n) is 15.6. The van der Waals surface area contributed by atoms with E-state index in [4.69, 9.17) is 9.72 Å². The highest BCUT2D eigenvalue weighted by Gasteiger charge is 2.14. The van der Waals surface area contributed by atoms with Gasteiger partial charge in [0.25, 0.3) is 0 Å². The molecule has 4 nitrogen and oxygen atoms in total. The lowest BCUT2D eigenvalue weighted by Crippen LogP contribution is -2.09. The molecule has 5 heteroatoms. The van der Waals surface area contributed by atoms with Gasteiger partial charge in [0.15, 0.2) is 0 Å². The maximum absolute atomic E-state index is 14.2. The van der Waals surface area contributed by atoms with Gasteiger partial charge in [0.1, 0.15) is 24.0 Å². The van der Waals surface area contributed by atoms with Gasteiger partial charge in [-0.3, -0.25) is 4.98 Å². The van der Waals surface area contributed by atoms with Gasteiger partial charge in [-0.05, 0) is 48.0 Å². The van der Waals surface area contributed by atoms with Crippen molar-refractivity contribution in [3.63, 3.8) is 0 Å². The molecule has 5 aromatic rings. The molecule has 0 radical (unpaired) electrons. The second-order valence-electron chi connectivity index (χ2n) is 6.81. The lowest BCUT2D eigenvalue weighted by atomic mass is 10.1. The van der Waals surface area contributed by atoms with Crippen LogP contribution in [0.5, 0.6) is 5.75 Å². The summed E-state index contributed by atoms with van der Waals surface area (Å²) < 4.78 is 22.3. The van der Waals surface area contributed by atoms with Crippen LogP contribution in [0.1, 0.15) is 11.4 Å². The Morgan fingerprint density at radius 2 is 1.69 bits per heavy atom. The predicted molar refractivity (Wildman–Crippen MR) is 111 cm³/mol. The number of imidazole rings is 1. The van der Waals surface area contributed by atoms with Crippen molar-refractivity contribution in [1.82, 2.24) is 14.5 Å². The molecule has 142 valence electrons. The summed E-state index contributed by atoms with van der Waals surface area (Å²) in [7, 11) is 0. The van der Waals surface area contributed by atoms with Crippen molar-refractivity contribution in [2.75, 3.05) is 0 Å². The fraction of sp³-hybridized carbons (Fsp3) is 0.0833. The number of hydrogen-bond acceptors (Lipinski definition) is 3. The van der Waals surface area contributed by atoms with E-state index in [9.17, 15) is 4.39 Å². The van der Waals surface area contributed by atoms with Crippen LogP contribution in [0.15, 0.2) is 85.1 Å². The molecule has 29 heavy (non-hydrogen) atoms. The second-order valence-corrected chi connectivity index (χ2v) is 6.81. The normalized spacial score (nSPS) is 11.2. The molecule has 2 aromatic heterocycles. The Morgan fingerprint density at radius 1 is 0.862 bits per heavy atom. The molecule has 0 fully saturated rings. The third kappa shape index (κ3) is 3.31. The highest BCUT2D eigenvalue weighted by molar-refractivity contribution is 5.83.